The highest BCUT2D eigenvalue weighted by atomic mass is 79.9. The van der Waals surface area contributed by atoms with Crippen molar-refractivity contribution in [3.05, 3.63) is 39.1 Å². The van der Waals surface area contributed by atoms with E-state index in [1.54, 1.807) is 0 Å². The van der Waals surface area contributed by atoms with E-state index in [1.807, 2.05) is 22.9 Å². The molecule has 4 nitrogen and oxygen atoms in total. The van der Waals surface area contributed by atoms with Crippen molar-refractivity contribution in [2.24, 2.45) is 0 Å². The zero-order valence-corrected chi connectivity index (χ0v) is 14.9. The van der Waals surface area contributed by atoms with Crippen LogP contribution >= 0.6 is 27.5 Å². The number of halogens is 2. The van der Waals surface area contributed by atoms with E-state index in [9.17, 15) is 0 Å². The summed E-state index contributed by atoms with van der Waals surface area (Å²) in [7, 11) is 0. The number of hydrogen-bond acceptors (Lipinski definition) is 3. The molecule has 0 aliphatic carbocycles. The van der Waals surface area contributed by atoms with Crippen LogP contribution in [0.1, 0.15) is 44.6 Å². The number of hydrogen-bond donors (Lipinski definition) is 1. The van der Waals surface area contributed by atoms with Gasteiger partial charge < -0.3 is 5.32 Å². The summed E-state index contributed by atoms with van der Waals surface area (Å²) in [5, 5.41) is 12.9. The number of aromatic nitrogens is 3. The van der Waals surface area contributed by atoms with Crippen LogP contribution in [0.2, 0.25) is 5.02 Å². The third-order valence-electron chi connectivity index (χ3n) is 3.45. The monoisotopic (exact) mass is 370 g/mol. The van der Waals surface area contributed by atoms with Crippen LogP contribution in [0.15, 0.2) is 22.7 Å². The molecule has 6 heteroatoms. The number of rotatable bonds is 6. The molecule has 0 saturated heterocycles. The maximum atomic E-state index is 6.32. The van der Waals surface area contributed by atoms with Crippen molar-refractivity contribution in [3.63, 3.8) is 0 Å². The molecular formula is C15H20BrClN4. The predicted molar refractivity (Wildman–Crippen MR) is 90.2 cm³/mol. The van der Waals surface area contributed by atoms with Crippen LogP contribution in [0.5, 0.6) is 0 Å². The van der Waals surface area contributed by atoms with Crippen molar-refractivity contribution in [2.75, 3.05) is 6.54 Å². The third-order valence-corrected chi connectivity index (χ3v) is 4.27. The van der Waals surface area contributed by atoms with E-state index in [-0.39, 0.29) is 6.04 Å². The first-order chi connectivity index (χ1) is 10.1. The molecule has 0 spiro atoms. The van der Waals surface area contributed by atoms with Crippen LogP contribution in [-0.2, 0) is 6.42 Å². The minimum absolute atomic E-state index is 0.227. The van der Waals surface area contributed by atoms with Gasteiger partial charge in [-0.05, 0) is 37.6 Å². The molecule has 2 aromatic rings. The molecule has 0 saturated carbocycles. The Bertz CT molecular complexity index is 612. The van der Waals surface area contributed by atoms with Gasteiger partial charge in [-0.3, -0.25) is 0 Å². The van der Waals surface area contributed by atoms with Gasteiger partial charge in [-0.15, -0.1) is 5.10 Å². The van der Waals surface area contributed by atoms with Gasteiger partial charge in [-0.1, -0.05) is 53.5 Å². The van der Waals surface area contributed by atoms with Crippen LogP contribution in [0, 0.1) is 0 Å². The lowest BCUT2D eigenvalue weighted by Gasteiger charge is -2.15. The molecule has 21 heavy (non-hydrogen) atoms. The van der Waals surface area contributed by atoms with Crippen LogP contribution in [0.4, 0.5) is 0 Å². The van der Waals surface area contributed by atoms with Crippen molar-refractivity contribution >= 4 is 27.5 Å². The Kier molecular flexibility index (Phi) is 5.79. The lowest BCUT2D eigenvalue weighted by Crippen LogP contribution is -2.21. The lowest BCUT2D eigenvalue weighted by molar-refractivity contribution is 0.520. The van der Waals surface area contributed by atoms with Gasteiger partial charge in [-0.2, -0.15) is 0 Å². The van der Waals surface area contributed by atoms with E-state index in [2.05, 4.69) is 52.3 Å². The maximum Gasteiger partial charge on any atom is 0.103 e. The summed E-state index contributed by atoms with van der Waals surface area (Å²) >= 11 is 9.80. The SMILES string of the molecule is CCNC(CC)c1nnn(-c2cc(Br)ccc2Cl)c1CC. The maximum absolute atomic E-state index is 6.32. The molecule has 0 bridgehead atoms. The minimum atomic E-state index is 0.227. The van der Waals surface area contributed by atoms with Gasteiger partial charge in [0, 0.05) is 4.47 Å². The van der Waals surface area contributed by atoms with Gasteiger partial charge in [0.05, 0.1) is 22.4 Å². The Morgan fingerprint density at radius 2 is 2.10 bits per heavy atom. The molecule has 0 fully saturated rings. The van der Waals surface area contributed by atoms with E-state index >= 15 is 0 Å². The smallest absolute Gasteiger partial charge is 0.103 e. The highest BCUT2D eigenvalue weighted by Crippen LogP contribution is 2.28. The summed E-state index contributed by atoms with van der Waals surface area (Å²) in [6.07, 6.45) is 1.83. The van der Waals surface area contributed by atoms with Crippen LogP contribution in [-0.4, -0.2) is 21.5 Å². The Labute approximate surface area is 139 Å². The van der Waals surface area contributed by atoms with E-state index in [0.717, 1.165) is 40.9 Å². The summed E-state index contributed by atoms with van der Waals surface area (Å²) in [4.78, 5) is 0. The molecule has 0 aliphatic heterocycles. The number of nitrogens with one attached hydrogen (secondary N) is 1. The first-order valence-electron chi connectivity index (χ1n) is 7.25. The molecular weight excluding hydrogens is 352 g/mol. The fraction of sp³-hybridized carbons (Fsp3) is 0.467. The highest BCUT2D eigenvalue weighted by Gasteiger charge is 2.20. The van der Waals surface area contributed by atoms with E-state index in [0.29, 0.717) is 5.02 Å². The van der Waals surface area contributed by atoms with Crippen molar-refractivity contribution < 1.29 is 0 Å². The summed E-state index contributed by atoms with van der Waals surface area (Å²) in [5.41, 5.74) is 2.97. The molecule has 0 amide bonds. The Balaban J connectivity index is 2.51. The van der Waals surface area contributed by atoms with Gasteiger partial charge in [0.2, 0.25) is 0 Å². The van der Waals surface area contributed by atoms with Crippen LogP contribution in [0.25, 0.3) is 5.69 Å². The van der Waals surface area contributed by atoms with Crippen molar-refractivity contribution in [1.82, 2.24) is 20.3 Å². The fourth-order valence-corrected chi connectivity index (χ4v) is 2.98. The molecule has 1 heterocycles. The third kappa shape index (κ3) is 3.47. The van der Waals surface area contributed by atoms with Crippen LogP contribution in [0.3, 0.4) is 0 Å². The first-order valence-corrected chi connectivity index (χ1v) is 8.42. The molecule has 0 aliphatic rings. The van der Waals surface area contributed by atoms with E-state index in [4.69, 9.17) is 11.6 Å². The topological polar surface area (TPSA) is 42.7 Å². The summed E-state index contributed by atoms with van der Waals surface area (Å²) in [5.74, 6) is 0. The Hall–Kier alpha value is -0.910. The highest BCUT2D eigenvalue weighted by molar-refractivity contribution is 9.10. The summed E-state index contributed by atoms with van der Waals surface area (Å²) in [6, 6.07) is 5.98. The quantitative estimate of drug-likeness (QED) is 0.823. The van der Waals surface area contributed by atoms with Crippen LogP contribution < -0.4 is 5.32 Å². The second-order valence-corrected chi connectivity index (χ2v) is 6.12. The van der Waals surface area contributed by atoms with E-state index < -0.39 is 0 Å². The van der Waals surface area contributed by atoms with Crippen molar-refractivity contribution in [2.45, 2.75) is 39.7 Å². The lowest BCUT2D eigenvalue weighted by atomic mass is 10.1. The standard InChI is InChI=1S/C15H20BrClN4/c1-4-12(18-6-3)15-13(5-2)21(20-19-15)14-9-10(16)7-8-11(14)17/h7-9,12,18H,4-6H2,1-3H3. The average molecular weight is 372 g/mol. The average Bonchev–Trinajstić information content (AvgIpc) is 2.90. The summed E-state index contributed by atoms with van der Waals surface area (Å²) in [6.45, 7) is 7.27. The van der Waals surface area contributed by atoms with E-state index in [1.165, 1.54) is 0 Å². The number of nitrogens with zero attached hydrogens (tertiary/aromatic N) is 3. The molecule has 0 radical (unpaired) electrons. The molecule has 1 N–H and O–H groups in total. The molecule has 1 unspecified atom stereocenters. The van der Waals surface area contributed by atoms with Crippen molar-refractivity contribution in [3.8, 4) is 5.69 Å². The largest absolute Gasteiger partial charge is 0.309 e. The molecule has 1 atom stereocenters. The second-order valence-electron chi connectivity index (χ2n) is 4.80. The first kappa shape index (κ1) is 16.5. The summed E-state index contributed by atoms with van der Waals surface area (Å²) < 4.78 is 2.82. The Morgan fingerprint density at radius 3 is 2.71 bits per heavy atom. The zero-order chi connectivity index (χ0) is 15.4. The molecule has 2 rings (SSSR count). The fourth-order valence-electron chi connectivity index (χ4n) is 2.44. The van der Waals surface area contributed by atoms with Gasteiger partial charge in [0.15, 0.2) is 0 Å². The van der Waals surface area contributed by atoms with Gasteiger partial charge in [0.1, 0.15) is 5.69 Å². The number of benzene rings is 1. The molecule has 114 valence electrons. The zero-order valence-electron chi connectivity index (χ0n) is 12.5. The predicted octanol–water partition coefficient (Wildman–Crippen LogP) is 4.31. The molecule has 1 aromatic carbocycles. The Morgan fingerprint density at radius 1 is 1.33 bits per heavy atom. The molecule has 1 aromatic heterocycles. The van der Waals surface area contributed by atoms with Gasteiger partial charge in [0.25, 0.3) is 0 Å². The van der Waals surface area contributed by atoms with Gasteiger partial charge >= 0.3 is 0 Å². The normalized spacial score (nSPS) is 12.6. The second kappa shape index (κ2) is 7.38. The van der Waals surface area contributed by atoms with Crippen molar-refractivity contribution in [1.29, 1.82) is 0 Å². The minimum Gasteiger partial charge on any atom is -0.309 e. The van der Waals surface area contributed by atoms with Gasteiger partial charge in [-0.25, -0.2) is 4.68 Å².